The van der Waals surface area contributed by atoms with Crippen molar-refractivity contribution in [3.8, 4) is 0 Å². The Morgan fingerprint density at radius 2 is 1.58 bits per heavy atom. The molecule has 0 spiro atoms. The number of nitrogens with zero attached hydrogens (tertiary/aromatic N) is 4. The van der Waals surface area contributed by atoms with Crippen LogP contribution in [0.4, 0.5) is 26.3 Å². The second-order valence-electron chi connectivity index (χ2n) is 8.37. The van der Waals surface area contributed by atoms with Crippen LogP contribution in [0.25, 0.3) is 0 Å². The Bertz CT molecular complexity index is 979. The first-order chi connectivity index (χ1) is 17.3. The van der Waals surface area contributed by atoms with Crippen molar-refractivity contribution in [1.29, 1.82) is 0 Å². The van der Waals surface area contributed by atoms with E-state index in [2.05, 4.69) is 4.98 Å². The highest BCUT2D eigenvalue weighted by atomic mass is 19.4. The molecular formula is C21H26F6N4O7. The summed E-state index contributed by atoms with van der Waals surface area (Å²) in [5, 5.41) is 14.2. The van der Waals surface area contributed by atoms with Crippen molar-refractivity contribution in [2.45, 2.75) is 31.4 Å². The van der Waals surface area contributed by atoms with E-state index in [9.17, 15) is 35.9 Å². The summed E-state index contributed by atoms with van der Waals surface area (Å²) in [5.41, 5.74) is 1.54. The molecule has 3 rings (SSSR count). The van der Waals surface area contributed by atoms with Gasteiger partial charge in [-0.15, -0.1) is 0 Å². The molecule has 38 heavy (non-hydrogen) atoms. The monoisotopic (exact) mass is 560 g/mol. The first kappa shape index (κ1) is 32.6. The number of morpholine rings is 1. The summed E-state index contributed by atoms with van der Waals surface area (Å²) in [5.74, 6) is -5.56. The number of pyridine rings is 1. The molecule has 0 aromatic carbocycles. The molecule has 2 aliphatic heterocycles. The number of alkyl halides is 6. The van der Waals surface area contributed by atoms with E-state index in [1.165, 1.54) is 0 Å². The Balaban J connectivity index is 0.000000426. The maximum absolute atomic E-state index is 12.7. The summed E-state index contributed by atoms with van der Waals surface area (Å²) >= 11 is 0. The fourth-order valence-electron chi connectivity index (χ4n) is 3.28. The number of rotatable bonds is 4. The first-order valence-electron chi connectivity index (χ1n) is 10.7. The molecule has 3 heterocycles. The van der Waals surface area contributed by atoms with Crippen LogP contribution in [0.3, 0.4) is 0 Å². The molecule has 2 saturated heterocycles. The number of hydrogen-bond donors (Lipinski definition) is 2. The van der Waals surface area contributed by atoms with Crippen molar-refractivity contribution in [3.63, 3.8) is 0 Å². The lowest BCUT2D eigenvalue weighted by Crippen LogP contribution is -2.55. The lowest BCUT2D eigenvalue weighted by molar-refractivity contribution is -0.193. The standard InChI is InChI=1S/C17H24N4O3.2C2HF3O2/c1-12-6-13(8-18-7-12)17(23)20-9-14-15(10-20)24-11-16(22)21(14)5-4-19(2)3;2*3-2(4,5)1(6)7/h6-8,14-15H,4-5,9-11H2,1-3H3;2*(H,6,7)/t14-,15-;;/m1../s1. The van der Waals surface area contributed by atoms with Gasteiger partial charge in [0.15, 0.2) is 0 Å². The lowest BCUT2D eigenvalue weighted by Gasteiger charge is -2.37. The minimum absolute atomic E-state index is 0.00428. The van der Waals surface area contributed by atoms with E-state index in [0.717, 1.165) is 12.1 Å². The Labute approximate surface area is 212 Å². The molecule has 1 aromatic rings. The zero-order valence-corrected chi connectivity index (χ0v) is 20.4. The SMILES string of the molecule is Cc1cncc(C(=O)N2C[C@@H]3[C@@H](C2)OCC(=O)N3CCN(C)C)c1.O=C(O)C(F)(F)F.O=C(O)C(F)(F)F. The van der Waals surface area contributed by atoms with Gasteiger partial charge in [0.25, 0.3) is 5.91 Å². The minimum atomic E-state index is -5.08. The molecule has 2 atom stereocenters. The summed E-state index contributed by atoms with van der Waals surface area (Å²) < 4.78 is 69.1. The second-order valence-corrected chi connectivity index (χ2v) is 8.37. The Hall–Kier alpha value is -3.47. The van der Waals surface area contributed by atoms with Gasteiger partial charge in [0, 0.05) is 38.6 Å². The van der Waals surface area contributed by atoms with Crippen LogP contribution < -0.4 is 0 Å². The van der Waals surface area contributed by atoms with E-state index < -0.39 is 24.3 Å². The number of carbonyl (C=O) groups excluding carboxylic acids is 2. The van der Waals surface area contributed by atoms with Crippen LogP contribution >= 0.6 is 0 Å². The average Bonchev–Trinajstić information content (AvgIpc) is 3.21. The molecule has 17 heteroatoms. The third-order valence-electron chi connectivity index (χ3n) is 5.06. The number of aromatic nitrogens is 1. The molecule has 11 nitrogen and oxygen atoms in total. The van der Waals surface area contributed by atoms with Crippen LogP contribution in [0.2, 0.25) is 0 Å². The van der Waals surface area contributed by atoms with Gasteiger partial charge in [0.2, 0.25) is 5.91 Å². The molecule has 0 unspecified atom stereocenters. The van der Waals surface area contributed by atoms with E-state index in [0.29, 0.717) is 25.2 Å². The Morgan fingerprint density at radius 3 is 2.03 bits per heavy atom. The number of aliphatic carboxylic acids is 2. The Kier molecular flexibility index (Phi) is 11.4. The number of ether oxygens (including phenoxy) is 1. The van der Waals surface area contributed by atoms with Gasteiger partial charge < -0.3 is 29.6 Å². The van der Waals surface area contributed by atoms with Gasteiger partial charge >= 0.3 is 24.3 Å². The lowest BCUT2D eigenvalue weighted by atomic mass is 10.1. The maximum atomic E-state index is 12.7. The minimum Gasteiger partial charge on any atom is -0.475 e. The molecule has 0 saturated carbocycles. The molecule has 0 aliphatic carbocycles. The van der Waals surface area contributed by atoms with Crippen LogP contribution in [0.15, 0.2) is 18.5 Å². The topological polar surface area (TPSA) is 141 Å². The van der Waals surface area contributed by atoms with Crippen LogP contribution in [-0.4, -0.2) is 125 Å². The number of hydrogen-bond acceptors (Lipinski definition) is 7. The molecular weight excluding hydrogens is 534 g/mol. The highest BCUT2D eigenvalue weighted by Gasteiger charge is 2.44. The number of aryl methyl sites for hydroxylation is 1. The molecule has 2 amide bonds. The highest BCUT2D eigenvalue weighted by Crippen LogP contribution is 2.25. The summed E-state index contributed by atoms with van der Waals surface area (Å²) in [7, 11) is 3.97. The van der Waals surface area contributed by atoms with Crippen molar-refractivity contribution in [1.82, 2.24) is 19.7 Å². The zero-order chi connectivity index (χ0) is 29.4. The largest absolute Gasteiger partial charge is 0.490 e. The number of carboxylic acids is 2. The van der Waals surface area contributed by atoms with E-state index in [-0.39, 0.29) is 30.6 Å². The smallest absolute Gasteiger partial charge is 0.475 e. The molecule has 1 aromatic heterocycles. The molecule has 2 fully saturated rings. The molecule has 214 valence electrons. The third kappa shape index (κ3) is 10.1. The molecule has 2 N–H and O–H groups in total. The number of likely N-dealkylation sites (N-methyl/N-ethyl adjacent to an activating group) is 1. The first-order valence-corrected chi connectivity index (χ1v) is 10.7. The van der Waals surface area contributed by atoms with Crippen LogP contribution in [0, 0.1) is 6.92 Å². The van der Waals surface area contributed by atoms with Crippen LogP contribution in [0.1, 0.15) is 15.9 Å². The predicted octanol–water partition coefficient (Wildman–Crippen LogP) is 1.27. The summed E-state index contributed by atoms with van der Waals surface area (Å²) in [6, 6.07) is 1.78. The van der Waals surface area contributed by atoms with E-state index in [4.69, 9.17) is 24.5 Å². The highest BCUT2D eigenvalue weighted by molar-refractivity contribution is 5.94. The summed E-state index contributed by atoms with van der Waals surface area (Å²) in [6.45, 7) is 4.50. The second kappa shape index (κ2) is 13.4. The molecule has 2 aliphatic rings. The van der Waals surface area contributed by atoms with Crippen molar-refractivity contribution in [3.05, 3.63) is 29.6 Å². The number of likely N-dealkylation sites (tertiary alicyclic amines) is 1. The zero-order valence-electron chi connectivity index (χ0n) is 20.4. The van der Waals surface area contributed by atoms with Gasteiger partial charge in [-0.25, -0.2) is 9.59 Å². The maximum Gasteiger partial charge on any atom is 0.490 e. The van der Waals surface area contributed by atoms with Gasteiger partial charge in [-0.05, 0) is 32.6 Å². The van der Waals surface area contributed by atoms with Gasteiger partial charge in [0.1, 0.15) is 6.61 Å². The molecule has 0 radical (unpaired) electrons. The fraction of sp³-hybridized carbons (Fsp3) is 0.571. The number of carboxylic acid groups (broad SMARTS) is 2. The van der Waals surface area contributed by atoms with E-state index in [1.807, 2.05) is 36.9 Å². The fourth-order valence-corrected chi connectivity index (χ4v) is 3.28. The average molecular weight is 560 g/mol. The normalized spacial score (nSPS) is 19.2. The van der Waals surface area contributed by atoms with Crippen LogP contribution in [-0.2, 0) is 19.1 Å². The number of fused-ring (bicyclic) bond motifs is 1. The third-order valence-corrected chi connectivity index (χ3v) is 5.06. The van der Waals surface area contributed by atoms with Crippen molar-refractivity contribution in [2.24, 2.45) is 0 Å². The van der Waals surface area contributed by atoms with Gasteiger partial charge in [0.05, 0.1) is 17.7 Å². The van der Waals surface area contributed by atoms with E-state index in [1.54, 1.807) is 17.3 Å². The van der Waals surface area contributed by atoms with Gasteiger partial charge in [-0.3, -0.25) is 14.6 Å². The quantitative estimate of drug-likeness (QED) is 0.521. The number of carbonyl (C=O) groups is 4. The van der Waals surface area contributed by atoms with Crippen LogP contribution in [0.5, 0.6) is 0 Å². The van der Waals surface area contributed by atoms with E-state index >= 15 is 0 Å². The molecule has 0 bridgehead atoms. The number of halogens is 6. The summed E-state index contributed by atoms with van der Waals surface area (Å²) in [6.07, 6.45) is -6.95. The van der Waals surface area contributed by atoms with Gasteiger partial charge in [-0.2, -0.15) is 26.3 Å². The predicted molar refractivity (Wildman–Crippen MR) is 116 cm³/mol. The Morgan fingerprint density at radius 1 is 1.05 bits per heavy atom. The van der Waals surface area contributed by atoms with Crippen molar-refractivity contribution in [2.75, 3.05) is 46.9 Å². The number of amides is 2. The van der Waals surface area contributed by atoms with Crippen molar-refractivity contribution >= 4 is 23.8 Å². The van der Waals surface area contributed by atoms with Gasteiger partial charge in [-0.1, -0.05) is 0 Å². The van der Waals surface area contributed by atoms with Crippen molar-refractivity contribution < 1.29 is 60.5 Å². The summed E-state index contributed by atoms with van der Waals surface area (Å²) in [4.78, 5) is 52.5.